The predicted octanol–water partition coefficient (Wildman–Crippen LogP) is 6.17. The van der Waals surface area contributed by atoms with Gasteiger partial charge in [0.2, 0.25) is 21.8 Å². The first-order valence-corrected chi connectivity index (χ1v) is 17.0. The molecule has 0 aliphatic heterocycles. The van der Waals surface area contributed by atoms with Crippen molar-refractivity contribution >= 4 is 43.5 Å². The fraction of sp³-hybridized carbons (Fsp3) is 0.394. The monoisotopic (exact) mass is 655 g/mol. The highest BCUT2D eigenvalue weighted by Gasteiger charge is 2.30. The van der Waals surface area contributed by atoms with E-state index in [1.807, 2.05) is 80.6 Å². The van der Waals surface area contributed by atoms with Gasteiger partial charge >= 0.3 is 0 Å². The Morgan fingerprint density at radius 2 is 1.62 bits per heavy atom. The summed E-state index contributed by atoms with van der Waals surface area (Å²) >= 11 is 3.52. The van der Waals surface area contributed by atoms with Crippen molar-refractivity contribution in [3.05, 3.63) is 99.5 Å². The Morgan fingerprint density at radius 3 is 2.29 bits per heavy atom. The molecule has 0 saturated heterocycles. The van der Waals surface area contributed by atoms with Crippen LogP contribution in [-0.2, 0) is 32.6 Å². The van der Waals surface area contributed by atoms with E-state index in [9.17, 15) is 18.0 Å². The molecule has 2 amide bonds. The number of carbonyl (C=O) groups excluding carboxylic acids is 2. The van der Waals surface area contributed by atoms with Crippen LogP contribution in [0.3, 0.4) is 0 Å². The molecule has 3 aromatic rings. The maximum Gasteiger partial charge on any atom is 0.243 e. The van der Waals surface area contributed by atoms with E-state index in [0.717, 1.165) is 39.6 Å². The summed E-state index contributed by atoms with van der Waals surface area (Å²) in [5.41, 5.74) is 4.35. The van der Waals surface area contributed by atoms with Crippen molar-refractivity contribution in [2.75, 3.05) is 23.7 Å². The number of rotatable bonds is 15. The highest BCUT2D eigenvalue weighted by Crippen LogP contribution is 2.26. The Kier molecular flexibility index (Phi) is 12.6. The van der Waals surface area contributed by atoms with Gasteiger partial charge in [-0.3, -0.25) is 13.9 Å². The van der Waals surface area contributed by atoms with Crippen LogP contribution in [0.5, 0.6) is 0 Å². The smallest absolute Gasteiger partial charge is 0.243 e. The second-order valence-corrected chi connectivity index (χ2v) is 13.5. The van der Waals surface area contributed by atoms with Gasteiger partial charge in [0.25, 0.3) is 0 Å². The van der Waals surface area contributed by atoms with Crippen molar-refractivity contribution in [3.63, 3.8) is 0 Å². The standard InChI is InChI=1S/C33H42BrN3O4S/c1-5-6-20-35-33(39)31(23-27-14-8-7-9-15-27)36(24-28-16-11-17-29(34)22-28)32(38)19-12-21-37(42(4,40)41)30-18-10-13-25(2)26(30)3/h7-11,13-18,22,31H,5-6,12,19-21,23-24H2,1-4H3,(H,35,39)/t31-/m0/s1. The fourth-order valence-electron chi connectivity index (χ4n) is 4.88. The number of sulfonamides is 1. The Balaban J connectivity index is 1.89. The van der Waals surface area contributed by atoms with E-state index in [1.165, 1.54) is 10.6 Å². The molecule has 9 heteroatoms. The Hall–Kier alpha value is -3.17. The summed E-state index contributed by atoms with van der Waals surface area (Å²) in [6.45, 7) is 6.86. The highest BCUT2D eigenvalue weighted by atomic mass is 79.9. The van der Waals surface area contributed by atoms with Gasteiger partial charge in [-0.25, -0.2) is 8.42 Å². The molecule has 0 heterocycles. The zero-order valence-corrected chi connectivity index (χ0v) is 27.4. The molecule has 7 nitrogen and oxygen atoms in total. The lowest BCUT2D eigenvalue weighted by Crippen LogP contribution is -2.50. The number of amides is 2. The predicted molar refractivity (Wildman–Crippen MR) is 174 cm³/mol. The van der Waals surface area contributed by atoms with Crippen LogP contribution in [0, 0.1) is 13.8 Å². The number of carbonyl (C=O) groups is 2. The molecule has 0 radical (unpaired) electrons. The molecule has 0 aliphatic rings. The number of anilines is 1. The van der Waals surface area contributed by atoms with Gasteiger partial charge in [0.1, 0.15) is 6.04 Å². The first-order chi connectivity index (χ1) is 20.0. The Labute approximate surface area is 259 Å². The van der Waals surface area contributed by atoms with E-state index in [-0.39, 0.29) is 31.3 Å². The molecule has 3 rings (SSSR count). The molecule has 0 aromatic heterocycles. The van der Waals surface area contributed by atoms with Gasteiger partial charge in [-0.15, -0.1) is 0 Å². The maximum absolute atomic E-state index is 14.0. The number of benzene rings is 3. The Bertz CT molecular complexity index is 1450. The van der Waals surface area contributed by atoms with Gasteiger partial charge in [-0.2, -0.15) is 0 Å². The van der Waals surface area contributed by atoms with Crippen molar-refractivity contribution in [3.8, 4) is 0 Å². The number of hydrogen-bond donors (Lipinski definition) is 1. The number of hydrogen-bond acceptors (Lipinski definition) is 4. The molecule has 0 unspecified atom stereocenters. The zero-order chi connectivity index (χ0) is 30.7. The second kappa shape index (κ2) is 15.9. The summed E-state index contributed by atoms with van der Waals surface area (Å²) in [5.74, 6) is -0.389. The van der Waals surface area contributed by atoms with E-state index in [0.29, 0.717) is 25.1 Å². The summed E-state index contributed by atoms with van der Waals surface area (Å²) in [4.78, 5) is 29.2. The average molecular weight is 657 g/mol. The number of nitrogens with one attached hydrogen (secondary N) is 1. The van der Waals surface area contributed by atoms with Crippen LogP contribution in [0.4, 0.5) is 5.69 Å². The first-order valence-electron chi connectivity index (χ1n) is 14.4. The lowest BCUT2D eigenvalue weighted by atomic mass is 10.0. The van der Waals surface area contributed by atoms with E-state index in [1.54, 1.807) is 11.0 Å². The maximum atomic E-state index is 14.0. The summed E-state index contributed by atoms with van der Waals surface area (Å²) in [7, 11) is -3.57. The first kappa shape index (κ1) is 33.3. The fourth-order valence-corrected chi connectivity index (χ4v) is 6.34. The molecule has 42 heavy (non-hydrogen) atoms. The molecule has 1 N–H and O–H groups in total. The van der Waals surface area contributed by atoms with Gasteiger partial charge in [0, 0.05) is 36.9 Å². The average Bonchev–Trinajstić information content (AvgIpc) is 2.94. The third kappa shape index (κ3) is 9.70. The van der Waals surface area contributed by atoms with Crippen LogP contribution < -0.4 is 9.62 Å². The molecule has 226 valence electrons. The minimum absolute atomic E-state index is 0.0957. The summed E-state index contributed by atoms with van der Waals surface area (Å²) in [6.07, 6.45) is 3.76. The van der Waals surface area contributed by atoms with Crippen LogP contribution in [0.25, 0.3) is 0 Å². The highest BCUT2D eigenvalue weighted by molar-refractivity contribution is 9.10. The van der Waals surface area contributed by atoms with Gasteiger partial charge in [0.05, 0.1) is 11.9 Å². The van der Waals surface area contributed by atoms with Gasteiger partial charge in [0.15, 0.2) is 0 Å². The SMILES string of the molecule is CCCCNC(=O)[C@H](Cc1ccccc1)N(Cc1cccc(Br)c1)C(=O)CCCN(c1cccc(C)c1C)S(C)(=O)=O. The molecule has 0 aliphatic carbocycles. The van der Waals surface area contributed by atoms with Gasteiger partial charge in [-0.1, -0.05) is 83.9 Å². The lowest BCUT2D eigenvalue weighted by molar-refractivity contribution is -0.141. The van der Waals surface area contributed by atoms with Crippen LogP contribution in [0.2, 0.25) is 0 Å². The van der Waals surface area contributed by atoms with Crippen LogP contribution in [0.1, 0.15) is 54.9 Å². The van der Waals surface area contributed by atoms with E-state index in [2.05, 4.69) is 28.2 Å². The largest absolute Gasteiger partial charge is 0.354 e. The molecular weight excluding hydrogens is 614 g/mol. The van der Waals surface area contributed by atoms with Crippen LogP contribution in [0.15, 0.2) is 77.3 Å². The second-order valence-electron chi connectivity index (χ2n) is 10.7. The van der Waals surface area contributed by atoms with Crippen LogP contribution >= 0.6 is 15.9 Å². The molecule has 0 saturated carbocycles. The van der Waals surface area contributed by atoms with Crippen molar-refractivity contribution in [1.82, 2.24) is 10.2 Å². The van der Waals surface area contributed by atoms with E-state index < -0.39 is 16.1 Å². The minimum atomic E-state index is -3.57. The van der Waals surface area contributed by atoms with Gasteiger partial charge < -0.3 is 10.2 Å². The molecule has 0 bridgehead atoms. The van der Waals surface area contributed by atoms with E-state index >= 15 is 0 Å². The van der Waals surface area contributed by atoms with E-state index in [4.69, 9.17) is 0 Å². The number of unbranched alkanes of at least 4 members (excludes halogenated alkanes) is 1. The third-order valence-electron chi connectivity index (χ3n) is 7.34. The van der Waals surface area contributed by atoms with Crippen molar-refractivity contribution in [2.45, 2.75) is 65.5 Å². The molecule has 1 atom stereocenters. The van der Waals surface area contributed by atoms with Crippen molar-refractivity contribution in [2.24, 2.45) is 0 Å². The Morgan fingerprint density at radius 1 is 0.929 bits per heavy atom. The zero-order valence-electron chi connectivity index (χ0n) is 25.0. The van der Waals surface area contributed by atoms with Crippen molar-refractivity contribution < 1.29 is 18.0 Å². The normalized spacial score (nSPS) is 12.0. The quantitative estimate of drug-likeness (QED) is 0.199. The van der Waals surface area contributed by atoms with Crippen LogP contribution in [-0.4, -0.2) is 50.5 Å². The molecule has 3 aromatic carbocycles. The molecule has 0 spiro atoms. The summed E-state index contributed by atoms with van der Waals surface area (Å²) in [6, 6.07) is 22.3. The molecular formula is C33H42BrN3O4S. The molecule has 0 fully saturated rings. The topological polar surface area (TPSA) is 86.8 Å². The number of halogens is 1. The third-order valence-corrected chi connectivity index (χ3v) is 9.01. The van der Waals surface area contributed by atoms with Crippen molar-refractivity contribution in [1.29, 1.82) is 0 Å². The lowest BCUT2D eigenvalue weighted by Gasteiger charge is -2.32. The summed E-state index contributed by atoms with van der Waals surface area (Å²) in [5, 5.41) is 3.03. The minimum Gasteiger partial charge on any atom is -0.354 e. The van der Waals surface area contributed by atoms with Gasteiger partial charge in [-0.05, 0) is 67.1 Å². The number of aryl methyl sites for hydroxylation is 1. The number of nitrogens with zero attached hydrogens (tertiary/aromatic N) is 2. The summed E-state index contributed by atoms with van der Waals surface area (Å²) < 4.78 is 27.8.